The van der Waals surface area contributed by atoms with Gasteiger partial charge in [0.1, 0.15) is 5.37 Å². The Hall–Kier alpha value is -2.39. The zero-order chi connectivity index (χ0) is 21.2. The molecule has 29 heavy (non-hydrogen) atoms. The van der Waals surface area contributed by atoms with E-state index in [4.69, 9.17) is 14.2 Å². The molecule has 0 spiro atoms. The molecule has 9 heteroatoms. The maximum Gasteiger partial charge on any atom is 0.234 e. The van der Waals surface area contributed by atoms with E-state index in [1.807, 2.05) is 12.1 Å². The van der Waals surface area contributed by atoms with E-state index in [0.29, 0.717) is 29.5 Å². The van der Waals surface area contributed by atoms with E-state index in [0.717, 1.165) is 11.1 Å². The molecule has 2 aromatic rings. The first-order chi connectivity index (χ1) is 13.8. The lowest BCUT2D eigenvalue weighted by Gasteiger charge is -2.25. The minimum atomic E-state index is -3.26. The summed E-state index contributed by atoms with van der Waals surface area (Å²) in [5, 5.41) is -0.217. The standard InChI is InChI=1S/C20H23NO6S2/c1-25-16-9-14(10-17(26-2)19(16)27-3)20-21(18(22)12-28-20)11-13-5-7-15(8-6-13)29(4,23)24/h5-10,20H,11-12H2,1-4H3. The van der Waals surface area contributed by atoms with E-state index in [9.17, 15) is 13.2 Å². The summed E-state index contributed by atoms with van der Waals surface area (Å²) >= 11 is 1.52. The fourth-order valence-electron chi connectivity index (χ4n) is 3.18. The number of benzene rings is 2. The normalized spacial score (nSPS) is 16.8. The Morgan fingerprint density at radius 1 is 1.03 bits per heavy atom. The van der Waals surface area contributed by atoms with Crippen molar-refractivity contribution in [1.82, 2.24) is 4.90 Å². The van der Waals surface area contributed by atoms with Gasteiger partial charge >= 0.3 is 0 Å². The molecule has 7 nitrogen and oxygen atoms in total. The highest BCUT2D eigenvalue weighted by Crippen LogP contribution is 2.46. The van der Waals surface area contributed by atoms with Crippen LogP contribution in [0.15, 0.2) is 41.3 Å². The van der Waals surface area contributed by atoms with Gasteiger partial charge in [-0.15, -0.1) is 11.8 Å². The molecule has 1 saturated heterocycles. The maximum atomic E-state index is 12.5. The minimum absolute atomic E-state index is 0.0148. The number of thioether (sulfide) groups is 1. The second kappa shape index (κ2) is 8.54. The third-order valence-electron chi connectivity index (χ3n) is 4.64. The van der Waals surface area contributed by atoms with Gasteiger partial charge in [0, 0.05) is 12.8 Å². The van der Waals surface area contributed by atoms with Gasteiger partial charge in [0.15, 0.2) is 21.3 Å². The molecule has 0 aromatic heterocycles. The number of carbonyl (C=O) groups excluding carboxylic acids is 1. The summed E-state index contributed by atoms with van der Waals surface area (Å²) in [7, 11) is 1.39. The van der Waals surface area contributed by atoms with Crippen molar-refractivity contribution in [3.05, 3.63) is 47.5 Å². The number of hydrogen-bond donors (Lipinski definition) is 0. The van der Waals surface area contributed by atoms with Gasteiger partial charge in [-0.25, -0.2) is 8.42 Å². The Morgan fingerprint density at radius 3 is 2.10 bits per heavy atom. The van der Waals surface area contributed by atoms with Crippen LogP contribution in [-0.2, 0) is 21.2 Å². The summed E-state index contributed by atoms with van der Waals surface area (Å²) < 4.78 is 39.5. The molecule has 156 valence electrons. The highest BCUT2D eigenvalue weighted by atomic mass is 32.2. The van der Waals surface area contributed by atoms with Crippen LogP contribution < -0.4 is 14.2 Å². The topological polar surface area (TPSA) is 82.1 Å². The molecule has 0 aliphatic carbocycles. The Kier molecular flexibility index (Phi) is 6.28. The molecular formula is C20H23NO6S2. The quantitative estimate of drug-likeness (QED) is 0.659. The molecule has 1 atom stereocenters. The fraction of sp³-hybridized carbons (Fsp3) is 0.350. The minimum Gasteiger partial charge on any atom is -0.493 e. The summed E-state index contributed by atoms with van der Waals surface area (Å²) in [6, 6.07) is 10.3. The number of amides is 1. The predicted molar refractivity (Wildman–Crippen MR) is 111 cm³/mol. The predicted octanol–water partition coefficient (Wildman–Crippen LogP) is 2.89. The molecule has 1 aliphatic heterocycles. The summed E-state index contributed by atoms with van der Waals surface area (Å²) in [5.41, 5.74) is 1.72. The molecule has 3 rings (SSSR count). The van der Waals surface area contributed by atoms with Gasteiger partial charge in [-0.1, -0.05) is 12.1 Å². The van der Waals surface area contributed by atoms with E-state index in [2.05, 4.69) is 0 Å². The first-order valence-corrected chi connectivity index (χ1v) is 11.7. The average Bonchev–Trinajstić information content (AvgIpc) is 3.06. The van der Waals surface area contributed by atoms with Gasteiger partial charge in [-0.2, -0.15) is 0 Å². The van der Waals surface area contributed by atoms with E-state index >= 15 is 0 Å². The largest absolute Gasteiger partial charge is 0.493 e. The van der Waals surface area contributed by atoms with Crippen LogP contribution in [0.1, 0.15) is 16.5 Å². The Balaban J connectivity index is 1.91. The molecule has 0 bridgehead atoms. The van der Waals surface area contributed by atoms with Gasteiger partial charge in [-0.3, -0.25) is 4.79 Å². The van der Waals surface area contributed by atoms with Gasteiger partial charge in [0.25, 0.3) is 0 Å². The number of hydrogen-bond acceptors (Lipinski definition) is 7. The number of methoxy groups -OCH3 is 3. The van der Waals surface area contributed by atoms with Crippen molar-refractivity contribution in [3.63, 3.8) is 0 Å². The van der Waals surface area contributed by atoms with Crippen LogP contribution in [0.3, 0.4) is 0 Å². The van der Waals surface area contributed by atoms with Crippen molar-refractivity contribution in [3.8, 4) is 17.2 Å². The van der Waals surface area contributed by atoms with Crippen molar-refractivity contribution in [1.29, 1.82) is 0 Å². The first-order valence-electron chi connectivity index (χ1n) is 8.78. The van der Waals surface area contributed by atoms with Gasteiger partial charge < -0.3 is 19.1 Å². The lowest BCUT2D eigenvalue weighted by atomic mass is 10.1. The number of rotatable bonds is 7. The van der Waals surface area contributed by atoms with Gasteiger partial charge in [0.2, 0.25) is 11.7 Å². The van der Waals surface area contributed by atoms with Crippen molar-refractivity contribution >= 4 is 27.5 Å². The average molecular weight is 438 g/mol. The van der Waals surface area contributed by atoms with Crippen molar-refractivity contribution in [2.45, 2.75) is 16.8 Å². The van der Waals surface area contributed by atoms with E-state index in [1.54, 1.807) is 50.5 Å². The van der Waals surface area contributed by atoms with Crippen LogP contribution in [0.4, 0.5) is 0 Å². The highest BCUT2D eigenvalue weighted by molar-refractivity contribution is 8.00. The van der Waals surface area contributed by atoms with Crippen LogP contribution >= 0.6 is 11.8 Å². The number of nitrogens with zero attached hydrogens (tertiary/aromatic N) is 1. The summed E-state index contributed by atoms with van der Waals surface area (Å²) in [5.74, 6) is 1.93. The second-order valence-corrected chi connectivity index (χ2v) is 9.64. The van der Waals surface area contributed by atoms with E-state index in [-0.39, 0.29) is 16.2 Å². The molecule has 0 radical (unpaired) electrons. The molecule has 0 saturated carbocycles. The van der Waals surface area contributed by atoms with Crippen molar-refractivity contribution in [2.24, 2.45) is 0 Å². The van der Waals surface area contributed by atoms with Gasteiger partial charge in [0.05, 0.1) is 32.0 Å². The summed E-state index contributed by atoms with van der Waals surface area (Å²) in [6.07, 6.45) is 1.17. The summed E-state index contributed by atoms with van der Waals surface area (Å²) in [6.45, 7) is 0.372. The Bertz CT molecular complexity index is 979. The monoisotopic (exact) mass is 437 g/mol. The molecule has 1 unspecified atom stereocenters. The lowest BCUT2D eigenvalue weighted by Crippen LogP contribution is -2.27. The number of ether oxygens (including phenoxy) is 3. The molecule has 2 aromatic carbocycles. The third kappa shape index (κ3) is 4.45. The maximum absolute atomic E-state index is 12.5. The SMILES string of the molecule is COc1cc(C2SCC(=O)N2Cc2ccc(S(C)(=O)=O)cc2)cc(OC)c1OC. The number of sulfone groups is 1. The number of carbonyl (C=O) groups is 1. The molecule has 1 aliphatic rings. The molecule has 1 heterocycles. The molecule has 1 fully saturated rings. The molecular weight excluding hydrogens is 414 g/mol. The van der Waals surface area contributed by atoms with Crippen LogP contribution in [0, 0.1) is 0 Å². The van der Waals surface area contributed by atoms with Crippen molar-refractivity contribution < 1.29 is 27.4 Å². The first kappa shape index (κ1) is 21.3. The Morgan fingerprint density at radius 2 is 1.62 bits per heavy atom. The lowest BCUT2D eigenvalue weighted by molar-refractivity contribution is -0.128. The van der Waals surface area contributed by atoms with Crippen molar-refractivity contribution in [2.75, 3.05) is 33.3 Å². The second-order valence-electron chi connectivity index (χ2n) is 6.56. The fourth-order valence-corrected chi connectivity index (χ4v) is 4.98. The summed E-state index contributed by atoms with van der Waals surface area (Å²) in [4.78, 5) is 14.6. The zero-order valence-electron chi connectivity index (χ0n) is 16.7. The highest BCUT2D eigenvalue weighted by Gasteiger charge is 2.34. The van der Waals surface area contributed by atoms with Crippen LogP contribution in [0.5, 0.6) is 17.2 Å². The zero-order valence-corrected chi connectivity index (χ0v) is 18.3. The van der Waals surface area contributed by atoms with E-state index < -0.39 is 9.84 Å². The van der Waals surface area contributed by atoms with E-state index in [1.165, 1.54) is 18.0 Å². The molecule has 0 N–H and O–H groups in total. The molecule has 1 amide bonds. The van der Waals surface area contributed by atoms with Crippen LogP contribution in [0.25, 0.3) is 0 Å². The van der Waals surface area contributed by atoms with Gasteiger partial charge in [-0.05, 0) is 35.4 Å². The third-order valence-corrected chi connectivity index (χ3v) is 7.03. The van der Waals surface area contributed by atoms with Crippen LogP contribution in [0.2, 0.25) is 0 Å². The van der Waals surface area contributed by atoms with Crippen LogP contribution in [-0.4, -0.2) is 52.6 Å². The smallest absolute Gasteiger partial charge is 0.234 e. The Labute approximate surface area is 174 Å².